The molecule has 6 heteroatoms. The van der Waals surface area contributed by atoms with Gasteiger partial charge >= 0.3 is 11.9 Å². The number of ether oxygens (including phenoxy) is 2. The molecule has 2 aromatic rings. The summed E-state index contributed by atoms with van der Waals surface area (Å²) in [6.07, 6.45) is 1.36. The van der Waals surface area contributed by atoms with Crippen molar-refractivity contribution < 1.29 is 23.9 Å². The number of Topliss-reactive ketones (excluding diaryl/α,β-unsaturated/α-hetero) is 1. The molecule has 2 fully saturated rings. The largest absolute Gasteiger partial charge is 0.465 e. The van der Waals surface area contributed by atoms with Crippen molar-refractivity contribution in [3.63, 3.8) is 0 Å². The monoisotopic (exact) mass is 454 g/mol. The van der Waals surface area contributed by atoms with Crippen LogP contribution in [0.15, 0.2) is 47.2 Å². The van der Waals surface area contributed by atoms with Crippen LogP contribution in [0.4, 0.5) is 0 Å². The molecule has 5 nitrogen and oxygen atoms in total. The summed E-state index contributed by atoms with van der Waals surface area (Å²) in [6, 6.07) is 11.5. The minimum absolute atomic E-state index is 0.00331. The molecule has 2 saturated carbocycles. The average Bonchev–Trinajstić information content (AvgIpc) is 3.51. The third kappa shape index (κ3) is 3.49. The van der Waals surface area contributed by atoms with Crippen LogP contribution < -0.4 is 0 Å². The maximum Gasteiger partial charge on any atom is 0.323 e. The predicted molar refractivity (Wildman–Crippen MR) is 122 cm³/mol. The Morgan fingerprint density at radius 2 is 1.66 bits per heavy atom. The van der Waals surface area contributed by atoms with E-state index in [-0.39, 0.29) is 36.8 Å². The molecular weight excluding hydrogens is 424 g/mol. The van der Waals surface area contributed by atoms with E-state index in [0.29, 0.717) is 24.8 Å². The highest BCUT2D eigenvalue weighted by Gasteiger charge is 2.66. The first-order chi connectivity index (χ1) is 15.4. The van der Waals surface area contributed by atoms with Crippen LogP contribution in [0.5, 0.6) is 0 Å². The summed E-state index contributed by atoms with van der Waals surface area (Å²) in [7, 11) is 0. The highest BCUT2D eigenvalue weighted by Crippen LogP contribution is 2.64. The average molecular weight is 455 g/mol. The van der Waals surface area contributed by atoms with Gasteiger partial charge in [-0.3, -0.25) is 14.4 Å². The summed E-state index contributed by atoms with van der Waals surface area (Å²) in [5, 5.41) is 4.12. The SMILES string of the molecule is CCOC(=O)C1(C(=O)OCC)C[C@@H]2C[C@H](C(=O)c3ccccc3)[C@@](C)(c3ccsc3)[C@@H]2C1. The lowest BCUT2D eigenvalue weighted by molar-refractivity contribution is -0.172. The topological polar surface area (TPSA) is 69.7 Å². The molecule has 0 N–H and O–H groups in total. The smallest absolute Gasteiger partial charge is 0.323 e. The van der Waals surface area contributed by atoms with Crippen molar-refractivity contribution >= 4 is 29.1 Å². The van der Waals surface area contributed by atoms with E-state index in [1.54, 1.807) is 25.2 Å². The highest BCUT2D eigenvalue weighted by atomic mass is 32.1. The van der Waals surface area contributed by atoms with E-state index in [1.165, 1.54) is 0 Å². The predicted octanol–water partition coefficient (Wildman–Crippen LogP) is 5.05. The van der Waals surface area contributed by atoms with Crippen molar-refractivity contribution in [2.45, 2.75) is 45.4 Å². The molecule has 0 amide bonds. The first-order valence-electron chi connectivity index (χ1n) is 11.3. The minimum atomic E-state index is -1.29. The summed E-state index contributed by atoms with van der Waals surface area (Å²) in [5.74, 6) is -1.00. The molecule has 32 heavy (non-hydrogen) atoms. The van der Waals surface area contributed by atoms with Gasteiger partial charge in [0.25, 0.3) is 0 Å². The number of rotatable bonds is 7. The van der Waals surface area contributed by atoms with E-state index < -0.39 is 22.8 Å². The molecule has 4 rings (SSSR count). The van der Waals surface area contributed by atoms with Crippen LogP contribution in [0.2, 0.25) is 0 Å². The number of hydrogen-bond acceptors (Lipinski definition) is 6. The molecular formula is C26H30O5S. The molecule has 0 unspecified atom stereocenters. The molecule has 0 saturated heterocycles. The zero-order valence-corrected chi connectivity index (χ0v) is 19.7. The van der Waals surface area contributed by atoms with Crippen LogP contribution in [0.1, 0.15) is 56.0 Å². The zero-order valence-electron chi connectivity index (χ0n) is 18.8. The van der Waals surface area contributed by atoms with Gasteiger partial charge < -0.3 is 9.47 Å². The molecule has 0 aliphatic heterocycles. The van der Waals surface area contributed by atoms with Crippen molar-refractivity contribution in [3.8, 4) is 0 Å². The summed E-state index contributed by atoms with van der Waals surface area (Å²) in [6.45, 7) is 6.06. The number of carbonyl (C=O) groups excluding carboxylic acids is 3. The molecule has 1 aromatic carbocycles. The molecule has 4 atom stereocenters. The van der Waals surface area contributed by atoms with Crippen molar-refractivity contribution in [2.75, 3.05) is 13.2 Å². The second-order valence-electron chi connectivity index (χ2n) is 9.11. The zero-order chi connectivity index (χ0) is 22.9. The number of benzene rings is 1. The number of ketones is 1. The van der Waals surface area contributed by atoms with Crippen LogP contribution in [0.3, 0.4) is 0 Å². The fraction of sp³-hybridized carbons (Fsp3) is 0.500. The lowest BCUT2D eigenvalue weighted by Gasteiger charge is -2.37. The fourth-order valence-electron chi connectivity index (χ4n) is 6.09. The van der Waals surface area contributed by atoms with E-state index in [1.807, 2.05) is 35.7 Å². The summed E-state index contributed by atoms with van der Waals surface area (Å²) < 4.78 is 10.7. The Kier molecular flexibility index (Phi) is 6.26. The van der Waals surface area contributed by atoms with Gasteiger partial charge in [0.1, 0.15) is 0 Å². The molecule has 2 aliphatic carbocycles. The number of esters is 2. The Morgan fingerprint density at radius 1 is 1.00 bits per heavy atom. The van der Waals surface area contributed by atoms with Crippen molar-refractivity contribution in [1.29, 1.82) is 0 Å². The van der Waals surface area contributed by atoms with Crippen LogP contribution in [-0.2, 0) is 24.5 Å². The fourth-order valence-corrected chi connectivity index (χ4v) is 6.88. The van der Waals surface area contributed by atoms with E-state index in [0.717, 1.165) is 5.56 Å². The number of thiophene rings is 1. The second kappa shape index (κ2) is 8.81. The van der Waals surface area contributed by atoms with Crippen LogP contribution in [0, 0.1) is 23.2 Å². The van der Waals surface area contributed by atoms with Crippen LogP contribution in [0.25, 0.3) is 0 Å². The first-order valence-corrected chi connectivity index (χ1v) is 12.3. The Hall–Kier alpha value is -2.47. The summed E-state index contributed by atoms with van der Waals surface area (Å²) >= 11 is 1.60. The minimum Gasteiger partial charge on any atom is -0.465 e. The Labute approximate surface area is 193 Å². The maximum absolute atomic E-state index is 13.6. The first kappa shape index (κ1) is 22.7. The molecule has 170 valence electrons. The highest BCUT2D eigenvalue weighted by molar-refractivity contribution is 7.08. The maximum atomic E-state index is 13.6. The van der Waals surface area contributed by atoms with Gasteiger partial charge in [-0.1, -0.05) is 37.3 Å². The van der Waals surface area contributed by atoms with Crippen LogP contribution >= 0.6 is 11.3 Å². The Bertz CT molecular complexity index is 965. The van der Waals surface area contributed by atoms with E-state index in [9.17, 15) is 14.4 Å². The summed E-state index contributed by atoms with van der Waals surface area (Å²) in [5.41, 5.74) is 0.0475. The third-order valence-electron chi connectivity index (χ3n) is 7.63. The molecule has 1 aromatic heterocycles. The van der Waals surface area contributed by atoms with Crippen LogP contribution in [-0.4, -0.2) is 30.9 Å². The van der Waals surface area contributed by atoms with Crippen molar-refractivity contribution in [2.24, 2.45) is 23.2 Å². The lowest BCUT2D eigenvalue weighted by atomic mass is 9.65. The van der Waals surface area contributed by atoms with Crippen molar-refractivity contribution in [1.82, 2.24) is 0 Å². The van der Waals surface area contributed by atoms with Gasteiger partial charge in [0, 0.05) is 16.9 Å². The quantitative estimate of drug-likeness (QED) is 0.333. The van der Waals surface area contributed by atoms with Gasteiger partial charge in [-0.25, -0.2) is 0 Å². The normalized spacial score (nSPS) is 28.2. The molecule has 0 radical (unpaired) electrons. The Balaban J connectivity index is 1.74. The van der Waals surface area contributed by atoms with E-state index >= 15 is 0 Å². The van der Waals surface area contributed by atoms with Gasteiger partial charge in [-0.05, 0) is 67.3 Å². The molecule has 0 spiro atoms. The lowest BCUT2D eigenvalue weighted by Crippen LogP contribution is -2.44. The molecule has 1 heterocycles. The number of fused-ring (bicyclic) bond motifs is 1. The van der Waals surface area contributed by atoms with Crippen molar-refractivity contribution in [3.05, 3.63) is 58.3 Å². The van der Waals surface area contributed by atoms with Gasteiger partial charge in [-0.15, -0.1) is 0 Å². The molecule has 2 aliphatic rings. The number of hydrogen-bond donors (Lipinski definition) is 0. The summed E-state index contributed by atoms with van der Waals surface area (Å²) in [4.78, 5) is 39.8. The van der Waals surface area contributed by atoms with E-state index in [2.05, 4.69) is 18.4 Å². The Morgan fingerprint density at radius 3 is 2.22 bits per heavy atom. The number of carbonyl (C=O) groups is 3. The van der Waals surface area contributed by atoms with Gasteiger partial charge in [-0.2, -0.15) is 11.3 Å². The standard InChI is InChI=1S/C26H30O5S/c1-4-30-23(28)26(24(29)31-5-2)14-18-13-20(22(27)17-9-7-6-8-10-17)25(3,21(18)15-26)19-11-12-32-16-19/h6-12,16,18,20-21H,4-5,13-15H2,1-3H3/t18-,20+,21+,25+/m0/s1. The van der Waals surface area contributed by atoms with Gasteiger partial charge in [0.2, 0.25) is 0 Å². The molecule has 0 bridgehead atoms. The third-order valence-corrected chi connectivity index (χ3v) is 8.31. The van der Waals surface area contributed by atoms with Gasteiger partial charge in [0.15, 0.2) is 11.2 Å². The second-order valence-corrected chi connectivity index (χ2v) is 9.89. The van der Waals surface area contributed by atoms with E-state index in [4.69, 9.17) is 9.47 Å². The van der Waals surface area contributed by atoms with Gasteiger partial charge in [0.05, 0.1) is 13.2 Å².